The van der Waals surface area contributed by atoms with Gasteiger partial charge in [-0.3, -0.25) is 0 Å². The van der Waals surface area contributed by atoms with Gasteiger partial charge in [-0.25, -0.2) is 9.97 Å². The summed E-state index contributed by atoms with van der Waals surface area (Å²) in [5, 5.41) is 3.44. The van der Waals surface area contributed by atoms with E-state index in [0.717, 1.165) is 54.0 Å². The number of aromatic nitrogens is 4. The molecule has 28 heavy (non-hydrogen) atoms. The van der Waals surface area contributed by atoms with E-state index >= 15 is 0 Å². The Kier molecular flexibility index (Phi) is 4.50. The molecule has 5 rings (SSSR count). The molecular weight excluding hydrogens is 358 g/mol. The van der Waals surface area contributed by atoms with Gasteiger partial charge in [0.15, 0.2) is 11.5 Å². The average Bonchev–Trinajstić information content (AvgIpc) is 3.33. The molecule has 146 valence electrons. The van der Waals surface area contributed by atoms with E-state index in [0.29, 0.717) is 19.8 Å². The summed E-state index contributed by atoms with van der Waals surface area (Å²) in [6.45, 7) is 3.92. The normalized spacial score (nSPS) is 18.1. The Hall–Kier alpha value is -2.84. The molecule has 0 aliphatic carbocycles. The van der Waals surface area contributed by atoms with Crippen molar-refractivity contribution in [2.45, 2.75) is 25.8 Å². The highest BCUT2D eigenvalue weighted by molar-refractivity contribution is 5.64. The molecule has 3 aromatic rings. The number of imidazole rings is 2. The van der Waals surface area contributed by atoms with E-state index in [1.165, 1.54) is 0 Å². The third kappa shape index (κ3) is 3.25. The van der Waals surface area contributed by atoms with Crippen molar-refractivity contribution < 1.29 is 14.2 Å². The van der Waals surface area contributed by atoms with Gasteiger partial charge in [0, 0.05) is 31.5 Å². The first-order valence-corrected chi connectivity index (χ1v) is 9.51. The Morgan fingerprint density at radius 1 is 1.18 bits per heavy atom. The topological polar surface area (TPSA) is 75.4 Å². The van der Waals surface area contributed by atoms with E-state index < -0.39 is 0 Å². The fourth-order valence-electron chi connectivity index (χ4n) is 3.65. The first-order valence-electron chi connectivity index (χ1n) is 9.51. The molecule has 1 aromatic carbocycles. The summed E-state index contributed by atoms with van der Waals surface area (Å²) in [4.78, 5) is 8.88. The van der Waals surface area contributed by atoms with Crippen molar-refractivity contribution in [1.82, 2.24) is 24.4 Å². The van der Waals surface area contributed by atoms with Crippen LogP contribution in [0.15, 0.2) is 36.8 Å². The Bertz CT molecular complexity index is 980. The first-order chi connectivity index (χ1) is 13.8. The SMILES string of the molecule is Cn1ccnc1CNC[C@H]1Cn2c(-c3ccc4c(c3)OCCO4)cnc2CO1. The van der Waals surface area contributed by atoms with Gasteiger partial charge in [-0.15, -0.1) is 0 Å². The molecule has 4 heterocycles. The molecule has 0 fully saturated rings. The molecule has 0 amide bonds. The summed E-state index contributed by atoms with van der Waals surface area (Å²) in [5.41, 5.74) is 2.15. The third-order valence-corrected chi connectivity index (χ3v) is 5.19. The fraction of sp³-hybridized carbons (Fsp3) is 0.400. The second-order valence-corrected chi connectivity index (χ2v) is 7.05. The zero-order chi connectivity index (χ0) is 18.9. The van der Waals surface area contributed by atoms with Crippen LogP contribution >= 0.6 is 0 Å². The van der Waals surface area contributed by atoms with Gasteiger partial charge in [0.05, 0.1) is 31.1 Å². The highest BCUT2D eigenvalue weighted by Crippen LogP contribution is 2.35. The summed E-state index contributed by atoms with van der Waals surface area (Å²) in [7, 11) is 2.00. The molecule has 0 spiro atoms. The van der Waals surface area contributed by atoms with Gasteiger partial charge in [-0.1, -0.05) is 0 Å². The van der Waals surface area contributed by atoms with Gasteiger partial charge in [-0.2, -0.15) is 0 Å². The summed E-state index contributed by atoms with van der Waals surface area (Å²) >= 11 is 0. The van der Waals surface area contributed by atoms with Crippen molar-refractivity contribution in [2.75, 3.05) is 19.8 Å². The van der Waals surface area contributed by atoms with E-state index in [1.54, 1.807) is 0 Å². The Morgan fingerprint density at radius 2 is 2.07 bits per heavy atom. The lowest BCUT2D eigenvalue weighted by molar-refractivity contribution is 0.00315. The van der Waals surface area contributed by atoms with Crippen LogP contribution in [0, 0.1) is 0 Å². The number of benzene rings is 1. The molecule has 1 atom stereocenters. The Labute approximate surface area is 163 Å². The fourth-order valence-corrected chi connectivity index (χ4v) is 3.65. The van der Waals surface area contributed by atoms with Gasteiger partial charge in [0.2, 0.25) is 0 Å². The van der Waals surface area contributed by atoms with E-state index in [9.17, 15) is 0 Å². The van der Waals surface area contributed by atoms with Crippen molar-refractivity contribution in [2.24, 2.45) is 7.05 Å². The number of rotatable bonds is 5. The zero-order valence-corrected chi connectivity index (χ0v) is 15.8. The molecule has 1 N–H and O–H groups in total. The van der Waals surface area contributed by atoms with Gasteiger partial charge in [0.1, 0.15) is 31.5 Å². The molecule has 8 heteroatoms. The van der Waals surface area contributed by atoms with Crippen LogP contribution < -0.4 is 14.8 Å². The van der Waals surface area contributed by atoms with Crippen LogP contribution in [0.5, 0.6) is 11.5 Å². The highest BCUT2D eigenvalue weighted by atomic mass is 16.6. The average molecular weight is 381 g/mol. The second kappa shape index (κ2) is 7.29. The molecular formula is C20H23N5O3. The van der Waals surface area contributed by atoms with E-state index in [2.05, 4.69) is 25.9 Å². The Balaban J connectivity index is 1.29. The van der Waals surface area contributed by atoms with Crippen molar-refractivity contribution in [3.8, 4) is 22.8 Å². The van der Waals surface area contributed by atoms with Crippen molar-refractivity contribution >= 4 is 0 Å². The predicted molar refractivity (Wildman–Crippen MR) is 102 cm³/mol. The molecule has 0 radical (unpaired) electrons. The quantitative estimate of drug-likeness (QED) is 0.726. The van der Waals surface area contributed by atoms with Crippen molar-refractivity contribution in [3.05, 3.63) is 48.4 Å². The third-order valence-electron chi connectivity index (χ3n) is 5.19. The molecule has 2 aliphatic heterocycles. The van der Waals surface area contributed by atoms with Crippen molar-refractivity contribution in [1.29, 1.82) is 0 Å². The van der Waals surface area contributed by atoms with Crippen LogP contribution in [-0.2, 0) is 31.5 Å². The maximum atomic E-state index is 5.98. The number of ether oxygens (including phenoxy) is 3. The minimum absolute atomic E-state index is 0.0814. The minimum atomic E-state index is 0.0814. The molecule has 0 saturated carbocycles. The molecule has 0 bridgehead atoms. The molecule has 0 unspecified atom stereocenters. The molecule has 2 aromatic heterocycles. The number of nitrogens with one attached hydrogen (secondary N) is 1. The monoisotopic (exact) mass is 381 g/mol. The molecule has 0 saturated heterocycles. The van der Waals surface area contributed by atoms with Crippen LogP contribution in [0.2, 0.25) is 0 Å². The summed E-state index contributed by atoms with van der Waals surface area (Å²) in [6.07, 6.45) is 5.75. The lowest BCUT2D eigenvalue weighted by Gasteiger charge is -2.26. The number of aryl methyl sites for hydroxylation is 1. The van der Waals surface area contributed by atoms with Crippen molar-refractivity contribution in [3.63, 3.8) is 0 Å². The lowest BCUT2D eigenvalue weighted by Crippen LogP contribution is -2.36. The van der Waals surface area contributed by atoms with Crippen LogP contribution in [0.25, 0.3) is 11.3 Å². The number of hydrogen-bond donors (Lipinski definition) is 1. The van der Waals surface area contributed by atoms with E-state index in [1.807, 2.05) is 42.3 Å². The van der Waals surface area contributed by atoms with Gasteiger partial charge in [0.25, 0.3) is 0 Å². The second-order valence-electron chi connectivity index (χ2n) is 7.05. The number of fused-ring (bicyclic) bond motifs is 2. The van der Waals surface area contributed by atoms with E-state index in [-0.39, 0.29) is 6.10 Å². The number of hydrogen-bond acceptors (Lipinski definition) is 6. The Morgan fingerprint density at radius 3 is 2.93 bits per heavy atom. The van der Waals surface area contributed by atoms with Crippen LogP contribution in [-0.4, -0.2) is 45.0 Å². The molecule has 2 aliphatic rings. The first kappa shape index (κ1) is 17.3. The van der Waals surface area contributed by atoms with E-state index in [4.69, 9.17) is 14.2 Å². The standard InChI is InChI=1S/C20H23N5O3/c1-24-5-4-22-19(24)11-21-9-15-12-25-16(10-23-20(25)13-28-15)14-2-3-17-18(8-14)27-7-6-26-17/h2-5,8,10,15,21H,6-7,9,11-13H2,1H3/t15-/m0/s1. The van der Waals surface area contributed by atoms with Crippen LogP contribution in [0.3, 0.4) is 0 Å². The zero-order valence-electron chi connectivity index (χ0n) is 15.8. The lowest BCUT2D eigenvalue weighted by atomic mass is 10.1. The van der Waals surface area contributed by atoms with Gasteiger partial charge >= 0.3 is 0 Å². The van der Waals surface area contributed by atoms with Crippen LogP contribution in [0.1, 0.15) is 11.6 Å². The summed E-state index contributed by atoms with van der Waals surface area (Å²) in [6, 6.07) is 6.05. The number of nitrogens with zero attached hydrogens (tertiary/aromatic N) is 4. The maximum absolute atomic E-state index is 5.98. The summed E-state index contributed by atoms with van der Waals surface area (Å²) in [5.74, 6) is 3.55. The maximum Gasteiger partial charge on any atom is 0.162 e. The predicted octanol–water partition coefficient (Wildman–Crippen LogP) is 1.74. The largest absolute Gasteiger partial charge is 0.486 e. The minimum Gasteiger partial charge on any atom is -0.486 e. The highest BCUT2D eigenvalue weighted by Gasteiger charge is 2.23. The molecule has 8 nitrogen and oxygen atoms in total. The van der Waals surface area contributed by atoms with Gasteiger partial charge in [-0.05, 0) is 18.2 Å². The summed E-state index contributed by atoms with van der Waals surface area (Å²) < 4.78 is 21.6. The van der Waals surface area contributed by atoms with Gasteiger partial charge < -0.3 is 28.7 Å². The van der Waals surface area contributed by atoms with Crippen LogP contribution in [0.4, 0.5) is 0 Å². The smallest absolute Gasteiger partial charge is 0.162 e.